The van der Waals surface area contributed by atoms with Crippen molar-refractivity contribution >= 4 is 43.1 Å². The van der Waals surface area contributed by atoms with Gasteiger partial charge in [0.2, 0.25) is 0 Å². The molecule has 2 aliphatic rings. The summed E-state index contributed by atoms with van der Waals surface area (Å²) in [5.74, 6) is 0. The molecule has 0 spiro atoms. The van der Waals surface area contributed by atoms with Gasteiger partial charge in [-0.2, -0.15) is 0 Å². The van der Waals surface area contributed by atoms with E-state index in [0.717, 1.165) is 0 Å². The molecule has 0 unspecified atom stereocenters. The van der Waals surface area contributed by atoms with Crippen LogP contribution in [0.5, 0.6) is 0 Å². The summed E-state index contributed by atoms with van der Waals surface area (Å²) in [6.07, 6.45) is 0. The van der Waals surface area contributed by atoms with Gasteiger partial charge in [-0.05, 0) is 180 Å². The van der Waals surface area contributed by atoms with Crippen LogP contribution in [0.25, 0.3) is 87.6 Å². The zero-order valence-corrected chi connectivity index (χ0v) is 35.3. The van der Waals surface area contributed by atoms with E-state index in [-0.39, 0.29) is 0 Å². The molecule has 0 radical (unpaired) electrons. The number of hydrogen-bond donors (Lipinski definition) is 0. The molecule has 0 heterocycles. The Bertz CT molecular complexity index is 4250. The Labute approximate surface area is 359 Å². The molecule has 0 atom stereocenters. The molecule has 0 bridgehead atoms. The van der Waals surface area contributed by atoms with E-state index in [2.05, 4.69) is 210 Å². The average Bonchev–Trinajstić information content (AvgIpc) is 3.79. The van der Waals surface area contributed by atoms with Gasteiger partial charge in [0.25, 0.3) is 0 Å². The fourth-order valence-corrected chi connectivity index (χ4v) is 11.5. The summed E-state index contributed by atoms with van der Waals surface area (Å²) in [4.78, 5) is 0. The number of fused-ring (bicyclic) bond motifs is 5. The molecule has 0 N–H and O–H groups in total. The second-order valence-corrected chi connectivity index (χ2v) is 17.7. The summed E-state index contributed by atoms with van der Waals surface area (Å²) >= 11 is 0. The van der Waals surface area contributed by atoms with Crippen LogP contribution in [-0.2, 0) is 0 Å². The van der Waals surface area contributed by atoms with Crippen LogP contribution in [0.2, 0.25) is 0 Å². The first-order chi connectivity index (χ1) is 30.4. The quantitative estimate of drug-likeness (QED) is 0.156. The van der Waals surface area contributed by atoms with E-state index in [9.17, 15) is 0 Å². The van der Waals surface area contributed by atoms with E-state index in [1.807, 2.05) is 0 Å². The highest BCUT2D eigenvalue weighted by molar-refractivity contribution is 6.13. The van der Waals surface area contributed by atoms with Gasteiger partial charge in [0.1, 0.15) is 0 Å². The van der Waals surface area contributed by atoms with E-state index >= 15 is 0 Å². The minimum atomic E-state index is 1.26. The van der Waals surface area contributed by atoms with Gasteiger partial charge < -0.3 is 0 Å². The molecule has 13 rings (SSSR count). The summed E-state index contributed by atoms with van der Waals surface area (Å²) < 4.78 is 0. The van der Waals surface area contributed by atoms with Crippen LogP contribution in [0.1, 0.15) is 22.3 Å². The number of hydrogen-bond acceptors (Lipinski definition) is 0. The molecule has 0 amide bonds. The van der Waals surface area contributed by atoms with Gasteiger partial charge in [0.05, 0.1) is 0 Å². The topological polar surface area (TPSA) is 0 Å². The summed E-state index contributed by atoms with van der Waals surface area (Å²) in [5, 5.41) is 21.1. The van der Waals surface area contributed by atoms with Crippen molar-refractivity contribution in [1.82, 2.24) is 0 Å². The Morgan fingerprint density at radius 3 is 1.11 bits per heavy atom. The lowest BCUT2D eigenvalue weighted by Crippen LogP contribution is -1.94. The highest BCUT2D eigenvalue weighted by Gasteiger charge is 2.25. The van der Waals surface area contributed by atoms with Gasteiger partial charge >= 0.3 is 0 Å². The van der Waals surface area contributed by atoms with Crippen molar-refractivity contribution in [3.8, 4) is 44.5 Å². The first kappa shape index (κ1) is 35.2. The van der Waals surface area contributed by atoms with Crippen LogP contribution in [0.15, 0.2) is 182 Å². The second kappa shape index (κ2) is 13.0. The largest absolute Gasteiger partial charge is 0.0620 e. The predicted octanol–water partition coefficient (Wildman–Crippen LogP) is 16.0. The molecule has 0 heteroatoms. The molecule has 290 valence electrons. The lowest BCUT2D eigenvalue weighted by atomic mass is 9.85. The molecule has 0 aromatic heterocycles. The van der Waals surface area contributed by atoms with Gasteiger partial charge in [0, 0.05) is 0 Å². The average molecular weight is 787 g/mol. The summed E-state index contributed by atoms with van der Waals surface area (Å²) in [5.41, 5.74) is 15.5. The van der Waals surface area contributed by atoms with Crippen molar-refractivity contribution in [1.29, 1.82) is 0 Å². The van der Waals surface area contributed by atoms with Gasteiger partial charge in [0.15, 0.2) is 0 Å². The molecule has 11 aromatic carbocycles. The minimum absolute atomic E-state index is 1.26. The van der Waals surface area contributed by atoms with Gasteiger partial charge in [-0.15, -0.1) is 0 Å². The molecular weight excluding hydrogens is 745 g/mol. The highest BCUT2D eigenvalue weighted by atomic mass is 14.3. The van der Waals surface area contributed by atoms with E-state index in [4.69, 9.17) is 0 Å². The normalized spacial score (nSPS) is 12.2. The Morgan fingerprint density at radius 1 is 0.274 bits per heavy atom. The molecule has 0 aliphatic heterocycles. The third-order valence-electron chi connectivity index (χ3n) is 14.1. The third-order valence-corrected chi connectivity index (χ3v) is 14.1. The van der Waals surface area contributed by atoms with Crippen molar-refractivity contribution in [2.75, 3.05) is 0 Å². The Morgan fingerprint density at radius 2 is 0.645 bits per heavy atom. The van der Waals surface area contributed by atoms with Crippen molar-refractivity contribution in [2.45, 2.75) is 27.7 Å². The minimum Gasteiger partial charge on any atom is -0.0620 e. The van der Waals surface area contributed by atoms with E-state index < -0.39 is 0 Å². The highest BCUT2D eigenvalue weighted by Crippen LogP contribution is 2.47. The third kappa shape index (κ3) is 4.78. The zero-order chi connectivity index (χ0) is 41.4. The number of benzene rings is 11. The van der Waals surface area contributed by atoms with Gasteiger partial charge in [-0.3, -0.25) is 0 Å². The lowest BCUT2D eigenvalue weighted by Gasteiger charge is -2.17. The zero-order valence-electron chi connectivity index (χ0n) is 35.3. The summed E-state index contributed by atoms with van der Waals surface area (Å²) in [6.45, 7) is 8.98. The first-order valence-electron chi connectivity index (χ1n) is 21.9. The standard InChI is InChI=1S/C62H42/c1-35-15-13-21-41(31-35)53-45-25-11-12-26-46(45)55(43-23-9-5-17-37(43)3)61-49-29-30-50-58-48(28-27-47(57(49)58)59(53)61)60-54(42-22-14-16-36(2)32-42)51-33-39-19-7-8-20-40(39)34-52(51)56(62(50)60)44-24-10-6-18-38(44)4/h5-34H,1-4H3. The molecular formula is C62H42. The Kier molecular flexibility index (Phi) is 7.38. The van der Waals surface area contributed by atoms with E-state index in [1.165, 1.54) is 152 Å². The SMILES string of the molecule is Cc1cccc(-c2c3c(c(-c4ccccc4C)c4ccccc24)=c2ccc4c5c(ccc=3c25)=c2c(-c3cccc(C)c3)c3cc5ccccc5cc3c(-c3ccccc3C)c2=4)c1. The molecule has 0 saturated carbocycles. The smallest absolute Gasteiger partial charge is 0.000730 e. The van der Waals surface area contributed by atoms with Crippen molar-refractivity contribution in [3.05, 3.63) is 246 Å². The molecule has 11 aromatic rings. The van der Waals surface area contributed by atoms with Gasteiger partial charge in [-0.1, -0.05) is 181 Å². The van der Waals surface area contributed by atoms with Crippen molar-refractivity contribution in [3.63, 3.8) is 0 Å². The first-order valence-corrected chi connectivity index (χ1v) is 21.9. The Balaban J connectivity index is 1.37. The monoisotopic (exact) mass is 786 g/mol. The second-order valence-electron chi connectivity index (χ2n) is 17.7. The maximum Gasteiger partial charge on any atom is -0.000730 e. The van der Waals surface area contributed by atoms with E-state index in [0.29, 0.717) is 0 Å². The van der Waals surface area contributed by atoms with E-state index in [1.54, 1.807) is 0 Å². The molecule has 0 fully saturated rings. The Hall–Kier alpha value is -7.54. The van der Waals surface area contributed by atoms with Crippen molar-refractivity contribution in [2.24, 2.45) is 0 Å². The van der Waals surface area contributed by atoms with Crippen LogP contribution in [-0.4, -0.2) is 0 Å². The summed E-state index contributed by atoms with van der Waals surface area (Å²) in [6, 6.07) is 69.1. The molecule has 0 nitrogen and oxygen atoms in total. The van der Waals surface area contributed by atoms with Gasteiger partial charge in [-0.25, -0.2) is 0 Å². The fourth-order valence-electron chi connectivity index (χ4n) is 11.5. The van der Waals surface area contributed by atoms with Crippen LogP contribution < -0.4 is 0 Å². The number of aryl methyl sites for hydroxylation is 4. The predicted molar refractivity (Wildman–Crippen MR) is 261 cm³/mol. The fraction of sp³-hybridized carbons (Fsp3) is 0.0645. The van der Waals surface area contributed by atoms with Crippen LogP contribution in [0.3, 0.4) is 0 Å². The lowest BCUT2D eigenvalue weighted by molar-refractivity contribution is 1.42. The molecule has 0 saturated heterocycles. The molecule has 62 heavy (non-hydrogen) atoms. The maximum atomic E-state index is 2.48. The van der Waals surface area contributed by atoms with Crippen LogP contribution >= 0.6 is 0 Å². The maximum absolute atomic E-state index is 2.48. The molecule has 2 aliphatic carbocycles. The summed E-state index contributed by atoms with van der Waals surface area (Å²) in [7, 11) is 0. The van der Waals surface area contributed by atoms with Crippen LogP contribution in [0.4, 0.5) is 0 Å². The van der Waals surface area contributed by atoms with Crippen molar-refractivity contribution < 1.29 is 0 Å². The van der Waals surface area contributed by atoms with Crippen LogP contribution in [0, 0.1) is 69.4 Å². The number of rotatable bonds is 4.